The number of carboxylic acids is 1. The average Bonchev–Trinajstić information content (AvgIpc) is 2.87. The first-order valence-corrected chi connectivity index (χ1v) is 7.74. The number of fused-ring (bicyclic) bond motifs is 1. The lowest BCUT2D eigenvalue weighted by atomic mass is 10.1. The van der Waals surface area contributed by atoms with Crippen molar-refractivity contribution in [3.05, 3.63) is 32.7 Å². The first kappa shape index (κ1) is 21.4. The number of benzene rings is 1. The third-order valence-corrected chi connectivity index (χ3v) is 3.93. The van der Waals surface area contributed by atoms with Crippen molar-refractivity contribution in [2.24, 2.45) is 5.73 Å². The molecular formula is C14H18Cl2N2O7. The molecule has 0 fully saturated rings. The van der Waals surface area contributed by atoms with E-state index in [0.717, 1.165) is 0 Å². The van der Waals surface area contributed by atoms with Crippen molar-refractivity contribution < 1.29 is 29.6 Å². The maximum absolute atomic E-state index is 11.5. The Kier molecular flexibility index (Phi) is 7.87. The van der Waals surface area contributed by atoms with E-state index in [0.29, 0.717) is 5.52 Å². The SMILES string of the molecule is NC(CO)(CO)CO.O=C(O)CCn1c(=O)oc2cc(Cl)c(Cl)cc21. The summed E-state index contributed by atoms with van der Waals surface area (Å²) in [4.78, 5) is 22.0. The molecule has 11 heteroatoms. The van der Waals surface area contributed by atoms with Gasteiger partial charge in [-0.3, -0.25) is 9.36 Å². The van der Waals surface area contributed by atoms with Crippen molar-refractivity contribution in [2.75, 3.05) is 19.8 Å². The van der Waals surface area contributed by atoms with Crippen LogP contribution in [0, 0.1) is 0 Å². The molecule has 25 heavy (non-hydrogen) atoms. The van der Waals surface area contributed by atoms with Gasteiger partial charge in [0.2, 0.25) is 0 Å². The van der Waals surface area contributed by atoms with Gasteiger partial charge in [-0.15, -0.1) is 0 Å². The van der Waals surface area contributed by atoms with Crippen LogP contribution < -0.4 is 11.5 Å². The van der Waals surface area contributed by atoms with Crippen LogP contribution in [0.1, 0.15) is 6.42 Å². The predicted molar refractivity (Wildman–Crippen MR) is 90.9 cm³/mol. The van der Waals surface area contributed by atoms with Crippen LogP contribution in [0.2, 0.25) is 10.0 Å². The van der Waals surface area contributed by atoms with E-state index in [1.165, 1.54) is 16.7 Å². The molecule has 0 amide bonds. The summed E-state index contributed by atoms with van der Waals surface area (Å²) in [5.74, 6) is -1.62. The largest absolute Gasteiger partial charge is 0.481 e. The molecular weight excluding hydrogens is 379 g/mol. The van der Waals surface area contributed by atoms with Crippen molar-refractivity contribution in [1.82, 2.24) is 4.57 Å². The lowest BCUT2D eigenvalue weighted by Gasteiger charge is -2.20. The van der Waals surface area contributed by atoms with Crippen molar-refractivity contribution >= 4 is 40.3 Å². The second-order valence-electron chi connectivity index (χ2n) is 5.23. The van der Waals surface area contributed by atoms with Crippen LogP contribution in [0.15, 0.2) is 21.3 Å². The van der Waals surface area contributed by atoms with Gasteiger partial charge in [-0.1, -0.05) is 23.2 Å². The highest BCUT2D eigenvalue weighted by molar-refractivity contribution is 6.42. The Morgan fingerprint density at radius 3 is 2.12 bits per heavy atom. The van der Waals surface area contributed by atoms with Crippen LogP contribution in [0.4, 0.5) is 0 Å². The van der Waals surface area contributed by atoms with Gasteiger partial charge in [0, 0.05) is 12.6 Å². The fraction of sp³-hybridized carbons (Fsp3) is 0.429. The lowest BCUT2D eigenvalue weighted by molar-refractivity contribution is -0.137. The van der Waals surface area contributed by atoms with E-state index in [1.807, 2.05) is 0 Å². The fourth-order valence-electron chi connectivity index (χ4n) is 1.63. The number of aromatic nitrogens is 1. The molecule has 2 rings (SSSR count). The number of carbonyl (C=O) groups is 1. The first-order valence-electron chi connectivity index (χ1n) is 6.99. The monoisotopic (exact) mass is 396 g/mol. The standard InChI is InChI=1S/C10H7Cl2NO4.C4H11NO3/c11-5-3-7-8(4-6(5)12)17-10(16)13(7)2-1-9(14)15;5-4(1-6,2-7)3-8/h3-4H,1-2H2,(H,14,15);6-8H,1-3,5H2. The highest BCUT2D eigenvalue weighted by Crippen LogP contribution is 2.27. The van der Waals surface area contributed by atoms with Gasteiger partial charge in [-0.05, 0) is 6.07 Å². The maximum Gasteiger partial charge on any atom is 0.419 e. The average molecular weight is 397 g/mol. The second-order valence-corrected chi connectivity index (χ2v) is 6.05. The van der Waals surface area contributed by atoms with E-state index < -0.39 is 37.1 Å². The van der Waals surface area contributed by atoms with Crippen molar-refractivity contribution in [2.45, 2.75) is 18.5 Å². The van der Waals surface area contributed by atoms with E-state index in [2.05, 4.69) is 0 Å². The van der Waals surface area contributed by atoms with Crippen molar-refractivity contribution in [3.8, 4) is 0 Å². The molecule has 0 atom stereocenters. The number of hydrogen-bond donors (Lipinski definition) is 5. The highest BCUT2D eigenvalue weighted by atomic mass is 35.5. The molecule has 0 saturated carbocycles. The van der Waals surface area contributed by atoms with E-state index >= 15 is 0 Å². The van der Waals surface area contributed by atoms with Gasteiger partial charge in [0.25, 0.3) is 0 Å². The Hall–Kier alpha value is -1.62. The third-order valence-electron chi connectivity index (χ3n) is 3.20. The van der Waals surface area contributed by atoms with E-state index in [1.54, 1.807) is 0 Å². The van der Waals surface area contributed by atoms with Crippen LogP contribution in [0.25, 0.3) is 11.1 Å². The second kappa shape index (κ2) is 9.18. The molecule has 2 aromatic rings. The number of carboxylic acid groups (broad SMARTS) is 1. The topological polar surface area (TPSA) is 159 Å². The summed E-state index contributed by atoms with van der Waals surface area (Å²) in [6, 6.07) is 2.91. The molecule has 140 valence electrons. The van der Waals surface area contributed by atoms with E-state index in [4.69, 9.17) is 53.8 Å². The van der Waals surface area contributed by atoms with Gasteiger partial charge in [-0.25, -0.2) is 4.79 Å². The molecule has 0 aliphatic rings. The summed E-state index contributed by atoms with van der Waals surface area (Å²) < 4.78 is 6.15. The number of oxazole rings is 1. The number of hydrogen-bond acceptors (Lipinski definition) is 7. The Morgan fingerprint density at radius 2 is 1.68 bits per heavy atom. The van der Waals surface area contributed by atoms with Crippen LogP contribution in [-0.2, 0) is 11.3 Å². The zero-order chi connectivity index (χ0) is 19.2. The summed E-state index contributed by atoms with van der Waals surface area (Å²) in [6.07, 6.45) is -0.172. The van der Waals surface area contributed by atoms with Gasteiger partial charge < -0.3 is 30.6 Å². The zero-order valence-electron chi connectivity index (χ0n) is 13.0. The lowest BCUT2D eigenvalue weighted by Crippen LogP contribution is -2.50. The van der Waals surface area contributed by atoms with E-state index in [-0.39, 0.29) is 28.6 Å². The Labute approximate surface area is 151 Å². The molecule has 0 aliphatic heterocycles. The van der Waals surface area contributed by atoms with Crippen LogP contribution in [0.3, 0.4) is 0 Å². The van der Waals surface area contributed by atoms with Crippen LogP contribution in [0.5, 0.6) is 0 Å². The van der Waals surface area contributed by atoms with Gasteiger partial charge in [-0.2, -0.15) is 0 Å². The smallest absolute Gasteiger partial charge is 0.419 e. The number of aliphatic hydroxyl groups is 3. The zero-order valence-corrected chi connectivity index (χ0v) is 14.5. The van der Waals surface area contributed by atoms with Gasteiger partial charge in [0.05, 0.1) is 47.3 Å². The number of nitrogens with two attached hydrogens (primary N) is 1. The maximum atomic E-state index is 11.5. The molecule has 1 heterocycles. The van der Waals surface area contributed by atoms with Crippen LogP contribution in [-0.4, -0.2) is 56.3 Å². The number of rotatable bonds is 6. The number of aliphatic carboxylic acids is 1. The molecule has 6 N–H and O–H groups in total. The molecule has 0 aliphatic carbocycles. The number of halogens is 2. The van der Waals surface area contributed by atoms with Gasteiger partial charge >= 0.3 is 11.7 Å². The summed E-state index contributed by atoms with van der Waals surface area (Å²) >= 11 is 11.6. The minimum atomic E-state index is -1.21. The molecule has 9 nitrogen and oxygen atoms in total. The Morgan fingerprint density at radius 1 is 1.16 bits per heavy atom. The summed E-state index contributed by atoms with van der Waals surface area (Å²) in [5.41, 5.74) is 4.66. The number of aliphatic hydroxyl groups excluding tert-OH is 3. The quantitative estimate of drug-likeness (QED) is 0.457. The minimum absolute atomic E-state index is 0.0269. The van der Waals surface area contributed by atoms with Gasteiger partial charge in [0.15, 0.2) is 5.58 Å². The summed E-state index contributed by atoms with van der Waals surface area (Å²) in [6.45, 7) is -1.18. The fourth-order valence-corrected chi connectivity index (χ4v) is 1.94. The van der Waals surface area contributed by atoms with Crippen molar-refractivity contribution in [1.29, 1.82) is 0 Å². The first-order chi connectivity index (χ1) is 11.7. The molecule has 1 aromatic carbocycles. The number of nitrogens with zero attached hydrogens (tertiary/aromatic N) is 1. The van der Waals surface area contributed by atoms with E-state index in [9.17, 15) is 9.59 Å². The summed E-state index contributed by atoms with van der Waals surface area (Å²) in [7, 11) is 0. The molecule has 1 aromatic heterocycles. The molecule has 0 bridgehead atoms. The Bertz CT molecular complexity index is 775. The summed E-state index contributed by atoms with van der Waals surface area (Å²) in [5, 5.41) is 34.2. The highest BCUT2D eigenvalue weighted by Gasteiger charge is 2.20. The molecule has 0 spiro atoms. The van der Waals surface area contributed by atoms with Crippen molar-refractivity contribution in [3.63, 3.8) is 0 Å². The molecule has 0 radical (unpaired) electrons. The van der Waals surface area contributed by atoms with Crippen LogP contribution >= 0.6 is 23.2 Å². The third kappa shape index (κ3) is 5.70. The Balaban J connectivity index is 0.000000333. The molecule has 0 unspecified atom stereocenters. The molecule has 0 saturated heterocycles. The predicted octanol–water partition coefficient (Wildman–Crippen LogP) is 0.0368. The van der Waals surface area contributed by atoms with Gasteiger partial charge in [0.1, 0.15) is 0 Å². The normalized spacial score (nSPS) is 11.3. The number of aryl methyl sites for hydroxylation is 1. The minimum Gasteiger partial charge on any atom is -0.481 e.